The van der Waals surface area contributed by atoms with Gasteiger partial charge in [-0.15, -0.1) is 0 Å². The summed E-state index contributed by atoms with van der Waals surface area (Å²) in [4.78, 5) is 15.1. The third-order valence-electron chi connectivity index (χ3n) is 1.91. The lowest BCUT2D eigenvalue weighted by molar-refractivity contribution is 0.0983. The fraction of sp³-hybridized carbons (Fsp3) is 0.200. The summed E-state index contributed by atoms with van der Waals surface area (Å²) in [6.07, 6.45) is 0. The monoisotopic (exact) mass is 253 g/mol. The van der Waals surface area contributed by atoms with Crippen molar-refractivity contribution in [3.63, 3.8) is 0 Å². The van der Waals surface area contributed by atoms with Crippen molar-refractivity contribution in [3.05, 3.63) is 29.7 Å². The maximum absolute atomic E-state index is 11.0. The first kappa shape index (κ1) is 9.40. The third-order valence-corrected chi connectivity index (χ3v) is 2.55. The van der Waals surface area contributed by atoms with Crippen molar-refractivity contribution < 1.29 is 9.21 Å². The van der Waals surface area contributed by atoms with Crippen LogP contribution in [0.15, 0.2) is 22.6 Å². The van der Waals surface area contributed by atoms with Crippen LogP contribution in [0.4, 0.5) is 0 Å². The van der Waals surface area contributed by atoms with Crippen LogP contribution in [0.3, 0.4) is 0 Å². The molecule has 0 N–H and O–H groups in total. The van der Waals surface area contributed by atoms with E-state index in [4.69, 9.17) is 4.42 Å². The molecule has 3 nitrogen and oxygen atoms in total. The molecule has 0 bridgehead atoms. The van der Waals surface area contributed by atoms with E-state index in [9.17, 15) is 4.79 Å². The van der Waals surface area contributed by atoms with Gasteiger partial charge in [-0.05, 0) is 17.7 Å². The second-order valence-electron chi connectivity index (χ2n) is 3.01. The molecule has 0 aliphatic heterocycles. The SMILES string of the molecule is CC(=O)c1nc2cc(CBr)ccc2o1. The number of hydrogen-bond acceptors (Lipinski definition) is 3. The summed E-state index contributed by atoms with van der Waals surface area (Å²) >= 11 is 3.35. The van der Waals surface area contributed by atoms with Gasteiger partial charge in [0.05, 0.1) is 0 Å². The lowest BCUT2D eigenvalue weighted by atomic mass is 10.2. The highest BCUT2D eigenvalue weighted by molar-refractivity contribution is 9.08. The third kappa shape index (κ3) is 1.57. The number of aromatic nitrogens is 1. The van der Waals surface area contributed by atoms with E-state index in [1.165, 1.54) is 6.92 Å². The van der Waals surface area contributed by atoms with Crippen LogP contribution < -0.4 is 0 Å². The van der Waals surface area contributed by atoms with Gasteiger partial charge >= 0.3 is 0 Å². The molecule has 14 heavy (non-hydrogen) atoms. The largest absolute Gasteiger partial charge is 0.434 e. The Morgan fingerprint density at radius 2 is 2.36 bits per heavy atom. The number of oxazole rings is 1. The first-order valence-electron chi connectivity index (χ1n) is 4.17. The summed E-state index contributed by atoms with van der Waals surface area (Å²) in [5, 5.41) is 0.769. The van der Waals surface area contributed by atoms with Gasteiger partial charge in [0.25, 0.3) is 5.89 Å². The van der Waals surface area contributed by atoms with Gasteiger partial charge in [-0.2, -0.15) is 0 Å². The Balaban J connectivity index is 2.60. The van der Waals surface area contributed by atoms with Crippen LogP contribution in [0.1, 0.15) is 23.2 Å². The highest BCUT2D eigenvalue weighted by Gasteiger charge is 2.09. The Bertz CT molecular complexity index is 490. The Hall–Kier alpha value is -1.16. The zero-order chi connectivity index (χ0) is 10.1. The van der Waals surface area contributed by atoms with E-state index in [1.54, 1.807) is 0 Å². The molecule has 2 rings (SSSR count). The molecule has 0 aliphatic rings. The van der Waals surface area contributed by atoms with E-state index < -0.39 is 0 Å². The number of Topliss-reactive ketones (excluding diaryl/α,β-unsaturated/α-hetero) is 1. The first-order valence-corrected chi connectivity index (χ1v) is 5.29. The second kappa shape index (κ2) is 3.53. The maximum atomic E-state index is 11.0. The molecule has 1 aromatic heterocycles. The summed E-state index contributed by atoms with van der Waals surface area (Å²) in [7, 11) is 0. The maximum Gasteiger partial charge on any atom is 0.263 e. The van der Waals surface area contributed by atoms with Gasteiger partial charge in [0.2, 0.25) is 5.78 Å². The minimum absolute atomic E-state index is 0.151. The summed E-state index contributed by atoms with van der Waals surface area (Å²) < 4.78 is 5.25. The van der Waals surface area contributed by atoms with Crippen molar-refractivity contribution in [1.29, 1.82) is 0 Å². The van der Waals surface area contributed by atoms with Gasteiger partial charge < -0.3 is 4.42 Å². The minimum atomic E-state index is -0.151. The van der Waals surface area contributed by atoms with Crippen molar-refractivity contribution in [3.8, 4) is 0 Å². The van der Waals surface area contributed by atoms with E-state index in [0.717, 1.165) is 16.4 Å². The number of carbonyl (C=O) groups excluding carboxylic acids is 1. The van der Waals surface area contributed by atoms with Crippen molar-refractivity contribution in [2.24, 2.45) is 0 Å². The van der Waals surface area contributed by atoms with Gasteiger partial charge in [0.15, 0.2) is 5.58 Å². The fourth-order valence-electron chi connectivity index (χ4n) is 1.21. The van der Waals surface area contributed by atoms with Crippen molar-refractivity contribution in [2.75, 3.05) is 0 Å². The fourth-order valence-corrected chi connectivity index (χ4v) is 1.56. The number of ketones is 1. The number of hydrogen-bond donors (Lipinski definition) is 0. The first-order chi connectivity index (χ1) is 6.70. The van der Waals surface area contributed by atoms with Gasteiger partial charge in [-0.25, -0.2) is 4.98 Å². The predicted molar refractivity (Wildman–Crippen MR) is 56.6 cm³/mol. The molecule has 0 spiro atoms. The molecule has 2 aromatic rings. The Labute approximate surface area is 89.3 Å². The zero-order valence-corrected chi connectivity index (χ0v) is 9.17. The Morgan fingerprint density at radius 3 is 3.00 bits per heavy atom. The molecular formula is C10H8BrNO2. The lowest BCUT2D eigenvalue weighted by Gasteiger charge is -1.91. The number of halogens is 1. The van der Waals surface area contributed by atoms with Gasteiger partial charge in [0, 0.05) is 12.3 Å². The summed E-state index contributed by atoms with van der Waals surface area (Å²) in [5.41, 5.74) is 2.49. The van der Waals surface area contributed by atoms with Crippen LogP contribution in [0.2, 0.25) is 0 Å². The van der Waals surface area contributed by atoms with Crippen molar-refractivity contribution in [2.45, 2.75) is 12.3 Å². The highest BCUT2D eigenvalue weighted by atomic mass is 79.9. The van der Waals surface area contributed by atoms with E-state index in [-0.39, 0.29) is 11.7 Å². The Kier molecular flexibility index (Phi) is 2.37. The number of alkyl halides is 1. The highest BCUT2D eigenvalue weighted by Crippen LogP contribution is 2.18. The molecule has 4 heteroatoms. The molecule has 0 radical (unpaired) electrons. The van der Waals surface area contributed by atoms with Gasteiger partial charge in [-0.1, -0.05) is 22.0 Å². The molecule has 0 unspecified atom stereocenters. The van der Waals surface area contributed by atoms with E-state index in [1.807, 2.05) is 18.2 Å². The average molecular weight is 254 g/mol. The quantitative estimate of drug-likeness (QED) is 0.611. The molecule has 1 aromatic carbocycles. The van der Waals surface area contributed by atoms with Crippen molar-refractivity contribution in [1.82, 2.24) is 4.98 Å². The zero-order valence-electron chi connectivity index (χ0n) is 7.58. The van der Waals surface area contributed by atoms with E-state index in [0.29, 0.717) is 5.58 Å². The smallest absolute Gasteiger partial charge is 0.263 e. The van der Waals surface area contributed by atoms with E-state index in [2.05, 4.69) is 20.9 Å². The van der Waals surface area contributed by atoms with Crippen LogP contribution >= 0.6 is 15.9 Å². The molecule has 0 atom stereocenters. The molecular weight excluding hydrogens is 246 g/mol. The lowest BCUT2D eigenvalue weighted by Crippen LogP contribution is -1.89. The minimum Gasteiger partial charge on any atom is -0.434 e. The topological polar surface area (TPSA) is 43.1 Å². The molecule has 0 fully saturated rings. The van der Waals surface area contributed by atoms with Crippen molar-refractivity contribution >= 4 is 32.8 Å². The van der Waals surface area contributed by atoms with Crippen LogP contribution in [0, 0.1) is 0 Å². The number of fused-ring (bicyclic) bond motifs is 1. The second-order valence-corrected chi connectivity index (χ2v) is 3.57. The van der Waals surface area contributed by atoms with Gasteiger partial charge in [0.1, 0.15) is 5.52 Å². The molecule has 72 valence electrons. The standard InChI is InChI=1S/C10H8BrNO2/c1-6(13)10-12-8-4-7(5-11)2-3-9(8)14-10/h2-4H,5H2,1H3. The predicted octanol–water partition coefficient (Wildman–Crippen LogP) is 2.93. The summed E-state index contributed by atoms with van der Waals surface area (Å²) in [6, 6.07) is 5.66. The molecule has 0 amide bonds. The molecule has 0 saturated heterocycles. The number of benzene rings is 1. The van der Waals surface area contributed by atoms with E-state index >= 15 is 0 Å². The number of nitrogens with zero attached hydrogens (tertiary/aromatic N) is 1. The van der Waals surface area contributed by atoms with Crippen LogP contribution in [-0.4, -0.2) is 10.8 Å². The summed E-state index contributed by atoms with van der Waals surface area (Å²) in [5.74, 6) is 0.0216. The van der Waals surface area contributed by atoms with Crippen LogP contribution in [0.5, 0.6) is 0 Å². The van der Waals surface area contributed by atoms with Crippen LogP contribution in [-0.2, 0) is 5.33 Å². The molecule has 1 heterocycles. The molecule has 0 aliphatic carbocycles. The normalized spacial score (nSPS) is 10.7. The van der Waals surface area contributed by atoms with Gasteiger partial charge in [-0.3, -0.25) is 4.79 Å². The summed E-state index contributed by atoms with van der Waals surface area (Å²) in [6.45, 7) is 1.44. The Morgan fingerprint density at radius 1 is 1.57 bits per heavy atom. The average Bonchev–Trinajstić information content (AvgIpc) is 2.59. The van der Waals surface area contributed by atoms with Crippen LogP contribution in [0.25, 0.3) is 11.1 Å². The number of carbonyl (C=O) groups is 1. The number of rotatable bonds is 2. The molecule has 0 saturated carbocycles.